The molecule has 17 heavy (non-hydrogen) atoms. The van der Waals surface area contributed by atoms with Crippen molar-refractivity contribution in [3.8, 4) is 6.07 Å². The maximum Gasteiger partial charge on any atom is 0.348 e. The highest BCUT2D eigenvalue weighted by Crippen LogP contribution is 2.53. The Bertz CT molecular complexity index is 315. The van der Waals surface area contributed by atoms with Gasteiger partial charge in [0.15, 0.2) is 5.66 Å². The molecule has 0 spiro atoms. The second-order valence-corrected chi connectivity index (χ2v) is 5.25. The molecule has 0 radical (unpaired) electrons. The topological polar surface area (TPSA) is 85.6 Å². The summed E-state index contributed by atoms with van der Waals surface area (Å²) in [6, 6.07) is 1.79. The van der Waals surface area contributed by atoms with Crippen molar-refractivity contribution in [2.24, 2.45) is 0 Å². The fourth-order valence-corrected chi connectivity index (χ4v) is 2.85. The summed E-state index contributed by atoms with van der Waals surface area (Å²) in [5.74, 6) is -0.585. The van der Waals surface area contributed by atoms with Gasteiger partial charge in [-0.2, -0.15) is 5.26 Å². The van der Waals surface area contributed by atoms with Crippen LogP contribution < -0.4 is 0 Å². The van der Waals surface area contributed by atoms with Crippen molar-refractivity contribution >= 4 is 13.6 Å². The maximum absolute atomic E-state index is 12.2. The minimum absolute atomic E-state index is 0.151. The number of carbonyl (C=O) groups excluding carboxylic acids is 1. The van der Waals surface area contributed by atoms with Crippen LogP contribution in [0.3, 0.4) is 0 Å². The average molecular weight is 263 g/mol. The van der Waals surface area contributed by atoms with Crippen molar-refractivity contribution in [1.29, 1.82) is 5.26 Å². The lowest BCUT2D eigenvalue weighted by atomic mass is 10.3. The molecule has 0 fully saturated rings. The van der Waals surface area contributed by atoms with Gasteiger partial charge in [-0.3, -0.25) is 9.36 Å². The summed E-state index contributed by atoms with van der Waals surface area (Å²) in [5.41, 5.74) is -1.12. The van der Waals surface area contributed by atoms with Gasteiger partial charge in [0.1, 0.15) is 0 Å². The van der Waals surface area contributed by atoms with E-state index in [0.29, 0.717) is 0 Å². The zero-order valence-corrected chi connectivity index (χ0v) is 11.2. The Morgan fingerprint density at radius 1 is 1.24 bits per heavy atom. The highest BCUT2D eigenvalue weighted by atomic mass is 31.2. The van der Waals surface area contributed by atoms with E-state index in [1.54, 1.807) is 26.8 Å². The molecule has 7 heteroatoms. The van der Waals surface area contributed by atoms with Gasteiger partial charge in [0.25, 0.3) is 0 Å². The second kappa shape index (κ2) is 8.24. The number of nitrogens with zero attached hydrogens (tertiary/aromatic N) is 1. The predicted molar refractivity (Wildman–Crippen MR) is 61.5 cm³/mol. The molecule has 0 bridgehead atoms. The van der Waals surface area contributed by atoms with Crippen LogP contribution >= 0.6 is 7.60 Å². The van der Waals surface area contributed by atoms with Crippen LogP contribution in [0.4, 0.5) is 0 Å². The highest BCUT2D eigenvalue weighted by Gasteiger charge is 2.37. The van der Waals surface area contributed by atoms with Crippen molar-refractivity contribution in [3.63, 3.8) is 0 Å². The number of hydrogen-bond acceptors (Lipinski definition) is 6. The number of ether oxygens (including phenoxy) is 1. The molecule has 0 aromatic rings. The van der Waals surface area contributed by atoms with Gasteiger partial charge in [0.05, 0.1) is 32.3 Å². The molecule has 0 rings (SSSR count). The lowest BCUT2D eigenvalue weighted by Crippen LogP contribution is -2.18. The number of carbonyl (C=O) groups is 1. The third-order valence-corrected chi connectivity index (χ3v) is 4.11. The van der Waals surface area contributed by atoms with Crippen molar-refractivity contribution in [2.45, 2.75) is 32.9 Å². The summed E-state index contributed by atoms with van der Waals surface area (Å²) < 4.78 is 26.9. The van der Waals surface area contributed by atoms with Crippen LogP contribution in [0.15, 0.2) is 0 Å². The number of nitriles is 1. The molecule has 0 heterocycles. The van der Waals surface area contributed by atoms with Crippen LogP contribution in [-0.4, -0.2) is 31.4 Å². The largest absolute Gasteiger partial charge is 0.466 e. The van der Waals surface area contributed by atoms with E-state index in [1.807, 2.05) is 0 Å². The van der Waals surface area contributed by atoms with Gasteiger partial charge < -0.3 is 13.8 Å². The quantitative estimate of drug-likeness (QED) is 0.492. The molecule has 0 N–H and O–H groups in total. The summed E-state index contributed by atoms with van der Waals surface area (Å²) in [6.07, 6.45) is -0.290. The first-order valence-electron chi connectivity index (χ1n) is 5.48. The monoisotopic (exact) mass is 263 g/mol. The summed E-state index contributed by atoms with van der Waals surface area (Å²) in [4.78, 5) is 11.3. The molecule has 0 aliphatic heterocycles. The first-order chi connectivity index (χ1) is 8.03. The molecular formula is C10H18NO5P. The minimum Gasteiger partial charge on any atom is -0.466 e. The third-order valence-electron chi connectivity index (χ3n) is 1.81. The van der Waals surface area contributed by atoms with Gasteiger partial charge in [-0.05, 0) is 20.8 Å². The normalized spacial score (nSPS) is 12.8. The van der Waals surface area contributed by atoms with Gasteiger partial charge >= 0.3 is 13.6 Å². The van der Waals surface area contributed by atoms with E-state index in [1.165, 1.54) is 0 Å². The Morgan fingerprint density at radius 2 is 1.76 bits per heavy atom. The summed E-state index contributed by atoms with van der Waals surface area (Å²) in [7, 11) is -3.57. The van der Waals surface area contributed by atoms with Crippen LogP contribution in [0.5, 0.6) is 0 Å². The molecule has 0 aromatic carbocycles. The number of esters is 1. The average Bonchev–Trinajstić information content (AvgIpc) is 2.26. The summed E-state index contributed by atoms with van der Waals surface area (Å²) >= 11 is 0. The lowest BCUT2D eigenvalue weighted by molar-refractivity contribution is -0.143. The molecular weight excluding hydrogens is 245 g/mol. The number of rotatable bonds is 8. The van der Waals surface area contributed by atoms with Gasteiger partial charge in [0, 0.05) is 0 Å². The smallest absolute Gasteiger partial charge is 0.348 e. The molecule has 98 valence electrons. The fraction of sp³-hybridized carbons (Fsp3) is 0.800. The first-order valence-corrected chi connectivity index (χ1v) is 7.09. The summed E-state index contributed by atoms with van der Waals surface area (Å²) in [5, 5.41) is 8.94. The Morgan fingerprint density at radius 3 is 2.12 bits per heavy atom. The third kappa shape index (κ3) is 5.31. The first kappa shape index (κ1) is 16.1. The van der Waals surface area contributed by atoms with Crippen LogP contribution in [0.25, 0.3) is 0 Å². The van der Waals surface area contributed by atoms with Crippen LogP contribution in [0, 0.1) is 11.3 Å². The molecule has 0 aromatic heterocycles. The molecule has 0 saturated heterocycles. The molecule has 0 aliphatic carbocycles. The van der Waals surface area contributed by atoms with E-state index in [-0.39, 0.29) is 26.2 Å². The van der Waals surface area contributed by atoms with Crippen molar-refractivity contribution in [2.75, 3.05) is 19.8 Å². The Labute approximate surface area is 101 Å². The lowest BCUT2D eigenvalue weighted by Gasteiger charge is -2.20. The van der Waals surface area contributed by atoms with E-state index >= 15 is 0 Å². The predicted octanol–water partition coefficient (Wildman–Crippen LogP) is 2.10. The standard InChI is InChI=1S/C10H18NO5P/c1-4-14-10(12)7-9(8-11)17(13,15-5-2)16-6-3/h9H,4-7H2,1-3H3. The summed E-state index contributed by atoms with van der Waals surface area (Å²) in [6.45, 7) is 5.46. The van der Waals surface area contributed by atoms with Crippen LogP contribution in [-0.2, 0) is 23.1 Å². The molecule has 6 nitrogen and oxygen atoms in total. The fourth-order valence-electron chi connectivity index (χ4n) is 1.18. The van der Waals surface area contributed by atoms with E-state index in [4.69, 9.17) is 19.0 Å². The van der Waals surface area contributed by atoms with Gasteiger partial charge in [0.2, 0.25) is 0 Å². The van der Waals surface area contributed by atoms with E-state index < -0.39 is 19.2 Å². The van der Waals surface area contributed by atoms with Crippen molar-refractivity contribution in [3.05, 3.63) is 0 Å². The van der Waals surface area contributed by atoms with E-state index in [0.717, 1.165) is 0 Å². The zero-order chi connectivity index (χ0) is 13.3. The zero-order valence-electron chi connectivity index (χ0n) is 10.3. The Balaban J connectivity index is 4.75. The SMILES string of the molecule is CCOC(=O)CC(C#N)P(=O)(OCC)OCC. The number of hydrogen-bond donors (Lipinski definition) is 0. The van der Waals surface area contributed by atoms with Gasteiger partial charge in [-0.1, -0.05) is 0 Å². The van der Waals surface area contributed by atoms with E-state index in [2.05, 4.69) is 0 Å². The molecule has 0 aliphatic rings. The molecule has 1 atom stereocenters. The second-order valence-electron chi connectivity index (χ2n) is 3.03. The van der Waals surface area contributed by atoms with Gasteiger partial charge in [-0.25, -0.2) is 0 Å². The molecule has 0 saturated carbocycles. The van der Waals surface area contributed by atoms with Crippen molar-refractivity contribution < 1.29 is 23.1 Å². The Hall–Kier alpha value is -0.890. The van der Waals surface area contributed by atoms with Crippen molar-refractivity contribution in [1.82, 2.24) is 0 Å². The molecule has 0 amide bonds. The highest BCUT2D eigenvalue weighted by molar-refractivity contribution is 7.55. The molecule has 1 unspecified atom stereocenters. The van der Waals surface area contributed by atoms with Crippen LogP contribution in [0.2, 0.25) is 0 Å². The minimum atomic E-state index is -3.57. The van der Waals surface area contributed by atoms with Crippen LogP contribution in [0.1, 0.15) is 27.2 Å². The Kier molecular flexibility index (Phi) is 7.81. The maximum atomic E-state index is 12.2. The van der Waals surface area contributed by atoms with E-state index in [9.17, 15) is 9.36 Å². The van der Waals surface area contributed by atoms with Gasteiger partial charge in [-0.15, -0.1) is 0 Å².